The van der Waals surface area contributed by atoms with Crippen LogP contribution in [0, 0.1) is 5.82 Å². The number of aliphatic carboxylic acids is 1. The average molecular weight is 433 g/mol. The molecule has 3 aromatic rings. The summed E-state index contributed by atoms with van der Waals surface area (Å²) in [6, 6.07) is 12.5. The van der Waals surface area contributed by atoms with Gasteiger partial charge in [0.2, 0.25) is 0 Å². The number of unbranched alkanes of at least 4 members (excludes halogenated alkanes) is 5. The van der Waals surface area contributed by atoms with Crippen molar-refractivity contribution in [2.24, 2.45) is 0 Å². The second kappa shape index (κ2) is 11.3. The lowest BCUT2D eigenvalue weighted by Crippen LogP contribution is -1.99. The van der Waals surface area contributed by atoms with Crippen molar-refractivity contribution in [2.45, 2.75) is 51.9 Å². The van der Waals surface area contributed by atoms with Crippen molar-refractivity contribution in [3.05, 3.63) is 78.4 Å². The van der Waals surface area contributed by atoms with E-state index in [1.807, 2.05) is 0 Å². The zero-order valence-electron chi connectivity index (χ0n) is 18.5. The van der Waals surface area contributed by atoms with Gasteiger partial charge in [-0.3, -0.25) is 0 Å². The van der Waals surface area contributed by atoms with Gasteiger partial charge in [0, 0.05) is 18.0 Å². The van der Waals surface area contributed by atoms with Gasteiger partial charge in [0.15, 0.2) is 5.82 Å². The van der Waals surface area contributed by atoms with Gasteiger partial charge in [0.25, 0.3) is 0 Å². The number of aromatic nitrogens is 2. The van der Waals surface area contributed by atoms with Crippen LogP contribution in [0.15, 0.2) is 61.4 Å². The maximum atomic E-state index is 14.5. The molecule has 3 rings (SSSR count). The van der Waals surface area contributed by atoms with E-state index in [0.717, 1.165) is 23.6 Å². The zero-order valence-corrected chi connectivity index (χ0v) is 18.5. The van der Waals surface area contributed by atoms with E-state index in [0.29, 0.717) is 0 Å². The maximum absolute atomic E-state index is 14.5. The van der Waals surface area contributed by atoms with Crippen LogP contribution in [0.4, 0.5) is 4.39 Å². The molecule has 0 aliphatic rings. The molecule has 0 radical (unpaired) electrons. The smallest absolute Gasteiger partial charge is 0.335 e. The summed E-state index contributed by atoms with van der Waals surface area (Å²) >= 11 is 0. The molecule has 0 bridgehead atoms. The highest BCUT2D eigenvalue weighted by Gasteiger charge is 2.13. The van der Waals surface area contributed by atoms with Crippen molar-refractivity contribution in [3.8, 4) is 22.5 Å². The third-order valence-corrected chi connectivity index (χ3v) is 5.57. The summed E-state index contributed by atoms with van der Waals surface area (Å²) in [7, 11) is 0. The minimum Gasteiger partial charge on any atom is -0.478 e. The molecular weight excluding hydrogens is 403 g/mol. The van der Waals surface area contributed by atoms with Crippen molar-refractivity contribution >= 4 is 11.5 Å². The van der Waals surface area contributed by atoms with Crippen LogP contribution in [0.3, 0.4) is 0 Å². The quantitative estimate of drug-likeness (QED) is 0.263. The van der Waals surface area contributed by atoms with Crippen LogP contribution in [-0.2, 0) is 11.2 Å². The fourth-order valence-electron chi connectivity index (χ4n) is 3.60. The molecular formula is C27H29FN2O2. The summed E-state index contributed by atoms with van der Waals surface area (Å²) in [5.41, 5.74) is 3.47. The second-order valence-electron chi connectivity index (χ2n) is 7.99. The SMILES string of the molecule is C=C(C(=O)O)c1ccc(-c2ncc(-c3ccc(CCCCCCCC)cc3)cn2)c(F)c1. The van der Waals surface area contributed by atoms with E-state index in [2.05, 4.69) is 47.7 Å². The number of aryl methyl sites for hydroxylation is 1. The van der Waals surface area contributed by atoms with Crippen molar-refractivity contribution in [3.63, 3.8) is 0 Å². The molecule has 1 N–H and O–H groups in total. The Hall–Kier alpha value is -3.34. The van der Waals surface area contributed by atoms with Gasteiger partial charge < -0.3 is 5.11 Å². The summed E-state index contributed by atoms with van der Waals surface area (Å²) in [6.45, 7) is 5.69. The Bertz CT molecular complexity index is 1060. The Balaban J connectivity index is 1.63. The molecule has 0 aliphatic carbocycles. The van der Waals surface area contributed by atoms with Crippen LogP contribution in [-0.4, -0.2) is 21.0 Å². The molecule has 0 atom stereocenters. The lowest BCUT2D eigenvalue weighted by molar-refractivity contribution is -0.130. The third kappa shape index (κ3) is 6.10. The van der Waals surface area contributed by atoms with Gasteiger partial charge >= 0.3 is 5.97 Å². The van der Waals surface area contributed by atoms with Crippen LogP contribution >= 0.6 is 0 Å². The van der Waals surface area contributed by atoms with Gasteiger partial charge in [-0.2, -0.15) is 0 Å². The fourth-order valence-corrected chi connectivity index (χ4v) is 3.60. The Labute approximate surface area is 188 Å². The van der Waals surface area contributed by atoms with Crippen molar-refractivity contribution < 1.29 is 14.3 Å². The van der Waals surface area contributed by atoms with Crippen LogP contribution in [0.25, 0.3) is 28.1 Å². The topological polar surface area (TPSA) is 63.1 Å². The Kier molecular flexibility index (Phi) is 8.26. The van der Waals surface area contributed by atoms with E-state index >= 15 is 0 Å². The summed E-state index contributed by atoms with van der Waals surface area (Å²) < 4.78 is 14.5. The van der Waals surface area contributed by atoms with Crippen molar-refractivity contribution in [1.29, 1.82) is 0 Å². The van der Waals surface area contributed by atoms with Gasteiger partial charge in [-0.1, -0.05) is 75.9 Å². The van der Waals surface area contributed by atoms with E-state index in [-0.39, 0.29) is 22.5 Å². The molecule has 0 saturated carbocycles. The molecule has 4 nitrogen and oxygen atoms in total. The number of halogens is 1. The van der Waals surface area contributed by atoms with E-state index < -0.39 is 11.8 Å². The van der Waals surface area contributed by atoms with E-state index in [9.17, 15) is 9.18 Å². The molecule has 0 amide bonds. The number of carboxylic acids is 1. The van der Waals surface area contributed by atoms with Crippen LogP contribution in [0.5, 0.6) is 0 Å². The molecule has 1 heterocycles. The predicted octanol–water partition coefficient (Wildman–Crippen LogP) is 6.95. The summed E-state index contributed by atoms with van der Waals surface area (Å²) in [4.78, 5) is 19.6. The first-order valence-corrected chi connectivity index (χ1v) is 11.1. The largest absolute Gasteiger partial charge is 0.478 e. The maximum Gasteiger partial charge on any atom is 0.335 e. The van der Waals surface area contributed by atoms with Crippen LogP contribution in [0.1, 0.15) is 56.6 Å². The van der Waals surface area contributed by atoms with Gasteiger partial charge in [0.05, 0.1) is 11.1 Å². The first-order valence-electron chi connectivity index (χ1n) is 11.1. The van der Waals surface area contributed by atoms with Crippen molar-refractivity contribution in [2.75, 3.05) is 0 Å². The van der Waals surface area contributed by atoms with E-state index in [4.69, 9.17) is 5.11 Å². The first-order chi connectivity index (χ1) is 15.5. The third-order valence-electron chi connectivity index (χ3n) is 5.57. The summed E-state index contributed by atoms with van der Waals surface area (Å²) in [5, 5.41) is 9.00. The number of hydrogen-bond acceptors (Lipinski definition) is 3. The fraction of sp³-hybridized carbons (Fsp3) is 0.296. The first kappa shape index (κ1) is 23.3. The lowest BCUT2D eigenvalue weighted by Gasteiger charge is -2.07. The Morgan fingerprint density at radius 2 is 1.59 bits per heavy atom. The molecule has 1 aromatic heterocycles. The summed E-state index contributed by atoms with van der Waals surface area (Å²) in [6.07, 6.45) is 12.2. The number of nitrogens with zero attached hydrogens (tertiary/aromatic N) is 2. The predicted molar refractivity (Wildman–Crippen MR) is 127 cm³/mol. The zero-order chi connectivity index (χ0) is 22.9. The molecule has 32 heavy (non-hydrogen) atoms. The second-order valence-corrected chi connectivity index (χ2v) is 7.99. The number of benzene rings is 2. The molecule has 0 fully saturated rings. The van der Waals surface area contributed by atoms with Gasteiger partial charge in [-0.25, -0.2) is 19.2 Å². The molecule has 0 saturated heterocycles. The number of rotatable bonds is 11. The molecule has 5 heteroatoms. The average Bonchev–Trinajstić information content (AvgIpc) is 2.81. The number of carbonyl (C=O) groups is 1. The summed E-state index contributed by atoms with van der Waals surface area (Å²) in [5.74, 6) is -1.52. The molecule has 0 aliphatic heterocycles. The molecule has 0 spiro atoms. The Morgan fingerprint density at radius 1 is 0.938 bits per heavy atom. The van der Waals surface area contributed by atoms with Crippen molar-refractivity contribution in [1.82, 2.24) is 9.97 Å². The van der Waals surface area contributed by atoms with Crippen LogP contribution < -0.4 is 0 Å². The van der Waals surface area contributed by atoms with Crippen LogP contribution in [0.2, 0.25) is 0 Å². The number of hydrogen-bond donors (Lipinski definition) is 1. The highest BCUT2D eigenvalue weighted by molar-refractivity contribution is 6.14. The minimum atomic E-state index is -1.18. The molecule has 166 valence electrons. The lowest BCUT2D eigenvalue weighted by atomic mass is 10.0. The standard InChI is InChI=1S/C27H29FN2O2/c1-3-4-5-6-7-8-9-20-10-12-21(13-11-20)23-17-29-26(30-18-23)24-15-14-22(16-25(24)28)19(2)27(31)32/h10-18H,2-9H2,1H3,(H,31,32). The monoisotopic (exact) mass is 432 g/mol. The molecule has 2 aromatic carbocycles. The normalized spacial score (nSPS) is 10.8. The number of carboxylic acid groups (broad SMARTS) is 1. The highest BCUT2D eigenvalue weighted by Crippen LogP contribution is 2.25. The van der Waals surface area contributed by atoms with Gasteiger partial charge in [0.1, 0.15) is 5.82 Å². The van der Waals surface area contributed by atoms with Gasteiger partial charge in [-0.05, 0) is 41.7 Å². The molecule has 0 unspecified atom stereocenters. The van der Waals surface area contributed by atoms with E-state index in [1.54, 1.807) is 12.4 Å². The van der Waals surface area contributed by atoms with E-state index in [1.165, 1.54) is 56.2 Å². The van der Waals surface area contributed by atoms with Gasteiger partial charge in [-0.15, -0.1) is 0 Å². The Morgan fingerprint density at radius 3 is 2.22 bits per heavy atom. The highest BCUT2D eigenvalue weighted by atomic mass is 19.1. The minimum absolute atomic E-state index is 0.161.